The minimum atomic E-state index is 0.0252. The van der Waals surface area contributed by atoms with Gasteiger partial charge in [-0.3, -0.25) is 4.79 Å². The van der Waals surface area contributed by atoms with Crippen molar-refractivity contribution in [2.75, 3.05) is 6.54 Å². The van der Waals surface area contributed by atoms with Crippen LogP contribution in [0.15, 0.2) is 48.5 Å². The number of rotatable bonds is 5. The van der Waals surface area contributed by atoms with E-state index in [1.54, 1.807) is 0 Å². The zero-order valence-corrected chi connectivity index (χ0v) is 15.2. The van der Waals surface area contributed by atoms with Crippen LogP contribution in [0.2, 0.25) is 0 Å². The van der Waals surface area contributed by atoms with Crippen molar-refractivity contribution >= 4 is 5.91 Å². The van der Waals surface area contributed by atoms with Gasteiger partial charge in [-0.25, -0.2) is 0 Å². The Bertz CT molecular complexity index is 711. The van der Waals surface area contributed by atoms with Crippen molar-refractivity contribution < 1.29 is 9.53 Å². The number of unbranched alkanes of at least 4 members (excludes halogenated alkanes) is 1. The van der Waals surface area contributed by atoms with Gasteiger partial charge in [-0.2, -0.15) is 0 Å². The van der Waals surface area contributed by atoms with E-state index in [0.717, 1.165) is 30.6 Å². The second kappa shape index (κ2) is 8.19. The van der Waals surface area contributed by atoms with Crippen molar-refractivity contribution in [2.45, 2.75) is 52.2 Å². The van der Waals surface area contributed by atoms with Gasteiger partial charge in [0.15, 0.2) is 0 Å². The van der Waals surface area contributed by atoms with Crippen molar-refractivity contribution in [2.24, 2.45) is 0 Å². The molecule has 0 aliphatic carbocycles. The monoisotopic (exact) mass is 337 g/mol. The molecular formula is C22H27NO2. The first kappa shape index (κ1) is 17.5. The fourth-order valence-electron chi connectivity index (χ4n) is 3.38. The molecule has 1 heterocycles. The predicted molar refractivity (Wildman–Crippen MR) is 101 cm³/mol. The van der Waals surface area contributed by atoms with E-state index in [9.17, 15) is 4.79 Å². The third kappa shape index (κ3) is 4.85. The van der Waals surface area contributed by atoms with Gasteiger partial charge in [0.25, 0.3) is 0 Å². The van der Waals surface area contributed by atoms with Crippen LogP contribution in [0.5, 0.6) is 5.75 Å². The highest BCUT2D eigenvalue weighted by atomic mass is 16.5. The first-order valence-electron chi connectivity index (χ1n) is 9.19. The number of hydrogen-bond acceptors (Lipinski definition) is 2. The average molecular weight is 337 g/mol. The lowest BCUT2D eigenvalue weighted by atomic mass is 10.1. The zero-order chi connectivity index (χ0) is 17.6. The van der Waals surface area contributed by atoms with E-state index in [4.69, 9.17) is 4.74 Å². The molecule has 0 radical (unpaired) electrons. The van der Waals surface area contributed by atoms with E-state index >= 15 is 0 Å². The Morgan fingerprint density at radius 3 is 2.76 bits per heavy atom. The molecule has 0 unspecified atom stereocenters. The van der Waals surface area contributed by atoms with E-state index in [2.05, 4.69) is 43.3 Å². The van der Waals surface area contributed by atoms with Gasteiger partial charge in [0.1, 0.15) is 11.9 Å². The summed E-state index contributed by atoms with van der Waals surface area (Å²) < 4.78 is 5.98. The molecule has 1 atom stereocenters. The second-order valence-corrected chi connectivity index (χ2v) is 7.01. The Morgan fingerprint density at radius 2 is 1.96 bits per heavy atom. The lowest BCUT2D eigenvalue weighted by Gasteiger charge is -2.22. The normalized spacial score (nSPS) is 16.7. The average Bonchev–Trinajstić information content (AvgIpc) is 2.77. The minimum Gasteiger partial charge on any atom is -0.489 e. The molecule has 132 valence electrons. The van der Waals surface area contributed by atoms with Crippen molar-refractivity contribution in [1.82, 2.24) is 4.90 Å². The molecular weight excluding hydrogens is 310 g/mol. The number of nitrogens with zero attached hydrogens (tertiary/aromatic N) is 1. The fourth-order valence-corrected chi connectivity index (χ4v) is 3.38. The number of benzene rings is 2. The third-order valence-electron chi connectivity index (χ3n) is 4.68. The van der Waals surface area contributed by atoms with E-state index in [1.165, 1.54) is 11.1 Å². The minimum absolute atomic E-state index is 0.0252. The van der Waals surface area contributed by atoms with Crippen LogP contribution in [0.3, 0.4) is 0 Å². The summed E-state index contributed by atoms with van der Waals surface area (Å²) in [6, 6.07) is 16.7. The molecule has 25 heavy (non-hydrogen) atoms. The summed E-state index contributed by atoms with van der Waals surface area (Å²) in [6.45, 7) is 5.42. The van der Waals surface area contributed by atoms with Crippen LogP contribution in [0.25, 0.3) is 0 Å². The molecule has 0 aromatic heterocycles. The van der Waals surface area contributed by atoms with Crippen LogP contribution in [0, 0.1) is 6.92 Å². The molecule has 2 aromatic rings. The molecule has 3 rings (SSSR count). The molecule has 3 heteroatoms. The molecule has 0 N–H and O–H groups in total. The van der Waals surface area contributed by atoms with Crippen LogP contribution < -0.4 is 4.74 Å². The predicted octanol–water partition coefficient (Wildman–Crippen LogP) is 4.52. The van der Waals surface area contributed by atoms with E-state index in [0.29, 0.717) is 19.5 Å². The first-order valence-corrected chi connectivity index (χ1v) is 9.19. The summed E-state index contributed by atoms with van der Waals surface area (Å²) in [6.07, 6.45) is 3.65. The molecule has 0 saturated carbocycles. The maximum absolute atomic E-state index is 12.7. The first-order chi connectivity index (χ1) is 12.1. The molecule has 1 amide bonds. The SMILES string of the molecule is Cc1ccc2c(c1)CN(C(=O)CCCCc1ccccc1)C[C@@H](C)O2. The van der Waals surface area contributed by atoms with E-state index in [1.807, 2.05) is 24.0 Å². The number of ether oxygens (including phenoxy) is 1. The summed E-state index contributed by atoms with van der Waals surface area (Å²) in [5.74, 6) is 1.15. The van der Waals surface area contributed by atoms with Crippen molar-refractivity contribution in [3.63, 3.8) is 0 Å². The van der Waals surface area contributed by atoms with Crippen LogP contribution >= 0.6 is 0 Å². The molecule has 1 aliphatic rings. The number of aryl methyl sites for hydroxylation is 2. The molecule has 3 nitrogen and oxygen atoms in total. The number of amides is 1. The van der Waals surface area contributed by atoms with Gasteiger partial charge in [0, 0.05) is 18.5 Å². The summed E-state index contributed by atoms with van der Waals surface area (Å²) in [5, 5.41) is 0. The number of fused-ring (bicyclic) bond motifs is 1. The Balaban J connectivity index is 1.54. The van der Waals surface area contributed by atoms with Gasteiger partial charge in [0.05, 0.1) is 6.54 Å². The Labute approximate surface area is 150 Å². The summed E-state index contributed by atoms with van der Waals surface area (Å²) in [5.41, 5.74) is 3.66. The topological polar surface area (TPSA) is 29.5 Å². The highest BCUT2D eigenvalue weighted by Crippen LogP contribution is 2.26. The van der Waals surface area contributed by atoms with E-state index in [-0.39, 0.29) is 12.0 Å². The van der Waals surface area contributed by atoms with Crippen molar-refractivity contribution in [3.05, 3.63) is 65.2 Å². The standard InChI is InChI=1S/C22H27NO2/c1-17-12-13-21-20(14-17)16-23(15-18(2)25-21)22(24)11-7-6-10-19-8-4-3-5-9-19/h3-5,8-9,12-14,18H,6-7,10-11,15-16H2,1-2H3/t18-/m1/s1. The quantitative estimate of drug-likeness (QED) is 0.751. The Morgan fingerprint density at radius 1 is 1.16 bits per heavy atom. The van der Waals surface area contributed by atoms with Crippen LogP contribution in [0.4, 0.5) is 0 Å². The Hall–Kier alpha value is -2.29. The molecule has 0 fully saturated rings. The highest BCUT2D eigenvalue weighted by Gasteiger charge is 2.23. The maximum atomic E-state index is 12.7. The summed E-state index contributed by atoms with van der Waals surface area (Å²) in [7, 11) is 0. The second-order valence-electron chi connectivity index (χ2n) is 7.01. The lowest BCUT2D eigenvalue weighted by Crippen LogP contribution is -2.35. The highest BCUT2D eigenvalue weighted by molar-refractivity contribution is 5.76. The molecule has 0 bridgehead atoms. The lowest BCUT2D eigenvalue weighted by molar-refractivity contribution is -0.132. The van der Waals surface area contributed by atoms with Crippen molar-refractivity contribution in [3.8, 4) is 5.75 Å². The number of hydrogen-bond donors (Lipinski definition) is 0. The molecule has 2 aromatic carbocycles. The van der Waals surface area contributed by atoms with Gasteiger partial charge in [-0.1, -0.05) is 48.0 Å². The summed E-state index contributed by atoms with van der Waals surface area (Å²) in [4.78, 5) is 14.6. The molecule has 0 spiro atoms. The van der Waals surface area contributed by atoms with Crippen molar-refractivity contribution in [1.29, 1.82) is 0 Å². The smallest absolute Gasteiger partial charge is 0.222 e. The third-order valence-corrected chi connectivity index (χ3v) is 4.68. The largest absolute Gasteiger partial charge is 0.489 e. The van der Waals surface area contributed by atoms with Crippen LogP contribution in [-0.2, 0) is 17.8 Å². The van der Waals surface area contributed by atoms with E-state index < -0.39 is 0 Å². The maximum Gasteiger partial charge on any atom is 0.222 e. The van der Waals surface area contributed by atoms with Crippen LogP contribution in [0.1, 0.15) is 42.9 Å². The fraction of sp³-hybridized carbons (Fsp3) is 0.409. The van der Waals surface area contributed by atoms with Gasteiger partial charge in [0.2, 0.25) is 5.91 Å². The summed E-state index contributed by atoms with van der Waals surface area (Å²) >= 11 is 0. The zero-order valence-electron chi connectivity index (χ0n) is 15.2. The van der Waals surface area contributed by atoms with Gasteiger partial charge in [-0.15, -0.1) is 0 Å². The van der Waals surface area contributed by atoms with Crippen LogP contribution in [-0.4, -0.2) is 23.5 Å². The molecule has 0 saturated heterocycles. The van der Waals surface area contributed by atoms with Gasteiger partial charge < -0.3 is 9.64 Å². The number of carbonyl (C=O) groups is 1. The van der Waals surface area contributed by atoms with Gasteiger partial charge in [-0.05, 0) is 44.7 Å². The van der Waals surface area contributed by atoms with Gasteiger partial charge >= 0.3 is 0 Å². The molecule has 1 aliphatic heterocycles. The number of carbonyl (C=O) groups excluding carboxylic acids is 1. The Kier molecular flexibility index (Phi) is 5.75.